The summed E-state index contributed by atoms with van der Waals surface area (Å²) in [5.41, 5.74) is 0. The van der Waals surface area contributed by atoms with Gasteiger partial charge in [-0.1, -0.05) is 6.42 Å². The lowest BCUT2D eigenvalue weighted by molar-refractivity contribution is 0.333. The fraction of sp³-hybridized carbons (Fsp3) is 0.714. The van der Waals surface area contributed by atoms with Crippen LogP contribution in [0.1, 0.15) is 30.6 Å². The van der Waals surface area contributed by atoms with Crippen LogP contribution in [0.25, 0.3) is 0 Å². The van der Waals surface area contributed by atoms with E-state index in [0.29, 0.717) is 23.9 Å². The van der Waals surface area contributed by atoms with Crippen molar-refractivity contribution in [2.45, 2.75) is 37.1 Å². The van der Waals surface area contributed by atoms with E-state index in [1.807, 2.05) is 7.05 Å². The molecule has 2 saturated carbocycles. The van der Waals surface area contributed by atoms with Crippen molar-refractivity contribution in [3.63, 3.8) is 0 Å². The van der Waals surface area contributed by atoms with Gasteiger partial charge >= 0.3 is 0 Å². The third-order valence-electron chi connectivity index (χ3n) is 4.71. The van der Waals surface area contributed by atoms with E-state index >= 15 is 0 Å². The normalized spacial score (nSPS) is 29.1. The summed E-state index contributed by atoms with van der Waals surface area (Å²) < 4.78 is 27.4. The molecule has 0 radical (unpaired) electrons. The summed E-state index contributed by atoms with van der Waals surface area (Å²) in [6, 6.07) is 1.77. The molecule has 20 heavy (non-hydrogen) atoms. The Balaban J connectivity index is 1.60. The lowest BCUT2D eigenvalue weighted by Crippen LogP contribution is -2.31. The van der Waals surface area contributed by atoms with Crippen LogP contribution < -0.4 is 10.0 Å². The van der Waals surface area contributed by atoms with Crippen LogP contribution in [0.4, 0.5) is 0 Å². The Hall–Kier alpha value is -0.430. The summed E-state index contributed by atoms with van der Waals surface area (Å²) >= 11 is 1.49. The maximum Gasteiger partial charge on any atom is 0.241 e. The van der Waals surface area contributed by atoms with Gasteiger partial charge in [-0.2, -0.15) is 0 Å². The van der Waals surface area contributed by atoms with Crippen molar-refractivity contribution in [2.75, 3.05) is 13.6 Å². The molecule has 0 aromatic carbocycles. The highest BCUT2D eigenvalue weighted by molar-refractivity contribution is 7.89. The van der Waals surface area contributed by atoms with Gasteiger partial charge in [0.2, 0.25) is 10.0 Å². The summed E-state index contributed by atoms with van der Waals surface area (Å²) in [5, 5.41) is 4.77. The number of nitrogens with one attached hydrogen (secondary N) is 2. The zero-order chi connectivity index (χ0) is 14.2. The average Bonchev–Trinajstić information content (AvgIpc) is 3.12. The van der Waals surface area contributed by atoms with Crippen LogP contribution in [0.15, 0.2) is 16.3 Å². The fourth-order valence-corrected chi connectivity index (χ4v) is 6.08. The summed E-state index contributed by atoms with van der Waals surface area (Å²) in [6.07, 6.45) is 5.17. The van der Waals surface area contributed by atoms with Gasteiger partial charge < -0.3 is 5.32 Å². The van der Waals surface area contributed by atoms with Crippen molar-refractivity contribution in [1.29, 1.82) is 0 Å². The fourth-order valence-electron chi connectivity index (χ4n) is 3.69. The van der Waals surface area contributed by atoms with Gasteiger partial charge in [0.25, 0.3) is 0 Å². The van der Waals surface area contributed by atoms with Crippen molar-refractivity contribution in [3.05, 3.63) is 16.3 Å². The molecule has 0 aliphatic heterocycles. The van der Waals surface area contributed by atoms with Gasteiger partial charge in [-0.05, 0) is 50.1 Å². The minimum atomic E-state index is -3.33. The van der Waals surface area contributed by atoms with Gasteiger partial charge in [-0.3, -0.25) is 0 Å². The number of sulfonamides is 1. The molecule has 4 nitrogen and oxygen atoms in total. The molecular formula is C14H22N2O2S2. The molecule has 6 heteroatoms. The predicted octanol–water partition coefficient (Wildman–Crippen LogP) is 2.18. The second-order valence-corrected chi connectivity index (χ2v) is 8.83. The second kappa shape index (κ2) is 5.75. The summed E-state index contributed by atoms with van der Waals surface area (Å²) in [6.45, 7) is 1.33. The summed E-state index contributed by atoms with van der Waals surface area (Å²) in [4.78, 5) is 1.46. The largest absolute Gasteiger partial charge is 0.315 e. The lowest BCUT2D eigenvalue weighted by Gasteiger charge is -2.21. The number of fused-ring (bicyclic) bond motifs is 2. The molecule has 3 rings (SSSR count). The zero-order valence-electron chi connectivity index (χ0n) is 11.8. The topological polar surface area (TPSA) is 58.2 Å². The number of hydrogen-bond donors (Lipinski definition) is 2. The van der Waals surface area contributed by atoms with Gasteiger partial charge in [0.15, 0.2) is 0 Å². The number of rotatable bonds is 6. The van der Waals surface area contributed by atoms with E-state index in [1.54, 1.807) is 11.4 Å². The molecule has 2 aliphatic carbocycles. The maximum absolute atomic E-state index is 12.3. The van der Waals surface area contributed by atoms with E-state index in [4.69, 9.17) is 0 Å². The molecule has 3 atom stereocenters. The quantitative estimate of drug-likeness (QED) is 0.846. The lowest BCUT2D eigenvalue weighted by atomic mass is 9.89. The average molecular weight is 314 g/mol. The Morgan fingerprint density at radius 3 is 2.85 bits per heavy atom. The van der Waals surface area contributed by atoms with E-state index in [-0.39, 0.29) is 0 Å². The molecule has 1 heterocycles. The zero-order valence-corrected chi connectivity index (χ0v) is 13.4. The molecule has 1 aromatic rings. The monoisotopic (exact) mass is 314 g/mol. The first-order valence-electron chi connectivity index (χ1n) is 7.30. The molecular weight excluding hydrogens is 292 g/mol. The number of thiophene rings is 1. The molecule has 3 unspecified atom stereocenters. The Morgan fingerprint density at radius 1 is 1.35 bits per heavy atom. The van der Waals surface area contributed by atoms with Crippen molar-refractivity contribution < 1.29 is 8.42 Å². The molecule has 1 aromatic heterocycles. The van der Waals surface area contributed by atoms with Crippen LogP contribution in [0, 0.1) is 17.8 Å². The van der Waals surface area contributed by atoms with Crippen LogP contribution in [-0.2, 0) is 16.6 Å². The van der Waals surface area contributed by atoms with Crippen LogP contribution in [-0.4, -0.2) is 22.0 Å². The molecule has 0 spiro atoms. The van der Waals surface area contributed by atoms with E-state index < -0.39 is 10.0 Å². The van der Waals surface area contributed by atoms with Crippen LogP contribution in [0.5, 0.6) is 0 Å². The van der Waals surface area contributed by atoms with E-state index in [0.717, 1.165) is 16.7 Å². The first-order chi connectivity index (χ1) is 9.58. The minimum absolute atomic E-state index is 0.413. The van der Waals surface area contributed by atoms with Crippen molar-refractivity contribution in [3.8, 4) is 0 Å². The van der Waals surface area contributed by atoms with Crippen molar-refractivity contribution in [1.82, 2.24) is 10.0 Å². The smallest absolute Gasteiger partial charge is 0.241 e. The predicted molar refractivity (Wildman–Crippen MR) is 81.2 cm³/mol. The second-order valence-electron chi connectivity index (χ2n) is 6.07. The van der Waals surface area contributed by atoms with E-state index in [2.05, 4.69) is 10.0 Å². The SMILES string of the molecule is CNCc1cc(S(=O)(=O)NCC2CC3CCC2C3)cs1. The minimum Gasteiger partial charge on any atom is -0.315 e. The van der Waals surface area contributed by atoms with Gasteiger partial charge in [0.1, 0.15) is 0 Å². The Kier molecular flexibility index (Phi) is 4.17. The van der Waals surface area contributed by atoms with Gasteiger partial charge in [-0.25, -0.2) is 13.1 Å². The molecule has 2 aliphatic rings. The first-order valence-corrected chi connectivity index (χ1v) is 9.66. The summed E-state index contributed by atoms with van der Waals surface area (Å²) in [5.74, 6) is 2.17. The molecule has 2 fully saturated rings. The Bertz CT molecular complexity index is 567. The van der Waals surface area contributed by atoms with Gasteiger partial charge in [0.05, 0.1) is 4.90 Å². The Morgan fingerprint density at radius 2 is 2.20 bits per heavy atom. The van der Waals surface area contributed by atoms with E-state index in [9.17, 15) is 8.42 Å². The molecule has 0 amide bonds. The highest BCUT2D eigenvalue weighted by Crippen LogP contribution is 2.48. The van der Waals surface area contributed by atoms with Gasteiger partial charge in [0, 0.05) is 23.3 Å². The van der Waals surface area contributed by atoms with E-state index in [1.165, 1.54) is 37.0 Å². The third kappa shape index (κ3) is 2.93. The third-order valence-corrected chi connectivity index (χ3v) is 7.20. The Labute approximate surface area is 125 Å². The summed E-state index contributed by atoms with van der Waals surface area (Å²) in [7, 11) is -1.47. The van der Waals surface area contributed by atoms with Crippen molar-refractivity contribution >= 4 is 21.4 Å². The molecule has 2 bridgehead atoms. The van der Waals surface area contributed by atoms with Crippen LogP contribution >= 0.6 is 11.3 Å². The van der Waals surface area contributed by atoms with Gasteiger partial charge in [-0.15, -0.1) is 11.3 Å². The van der Waals surface area contributed by atoms with Crippen LogP contribution in [0.3, 0.4) is 0 Å². The highest BCUT2D eigenvalue weighted by atomic mass is 32.2. The highest BCUT2D eigenvalue weighted by Gasteiger charge is 2.39. The maximum atomic E-state index is 12.3. The molecule has 0 saturated heterocycles. The van der Waals surface area contributed by atoms with Crippen molar-refractivity contribution in [2.24, 2.45) is 17.8 Å². The molecule has 112 valence electrons. The van der Waals surface area contributed by atoms with Crippen LogP contribution in [0.2, 0.25) is 0 Å². The number of hydrogen-bond acceptors (Lipinski definition) is 4. The standard InChI is InChI=1S/C14H22N2O2S2/c1-15-8-13-6-14(9-19-13)20(17,18)16-7-12-5-10-2-3-11(12)4-10/h6,9-12,15-16H,2-5,7-8H2,1H3. The first kappa shape index (κ1) is 14.5. The molecule has 2 N–H and O–H groups in total.